The zero-order chi connectivity index (χ0) is 23.2. The van der Waals surface area contributed by atoms with Gasteiger partial charge in [-0.25, -0.2) is 14.8 Å². The molecular weight excluding hydrogens is 422 g/mol. The minimum absolute atomic E-state index is 0.662. The highest BCUT2D eigenvalue weighted by Crippen LogP contribution is 2.30. The van der Waals surface area contributed by atoms with Gasteiger partial charge < -0.3 is 0 Å². The van der Waals surface area contributed by atoms with E-state index in [-0.39, 0.29) is 0 Å². The van der Waals surface area contributed by atoms with Crippen LogP contribution in [0.1, 0.15) is 36.1 Å². The summed E-state index contributed by atoms with van der Waals surface area (Å²) in [6.07, 6.45) is 3.58. The van der Waals surface area contributed by atoms with Crippen molar-refractivity contribution < 1.29 is 0 Å². The molecule has 7 heteroatoms. The first-order valence-corrected chi connectivity index (χ1v) is 11.7. The summed E-state index contributed by atoms with van der Waals surface area (Å²) in [6, 6.07) is 27.3. The molecule has 0 amide bonds. The molecule has 2 aromatic heterocycles. The van der Waals surface area contributed by atoms with Gasteiger partial charge >= 0.3 is 0 Å². The number of hydrogen-bond acceptors (Lipinski definition) is 5. The van der Waals surface area contributed by atoms with E-state index in [1.807, 2.05) is 24.3 Å². The number of tetrazole rings is 1. The van der Waals surface area contributed by atoms with E-state index >= 15 is 0 Å². The van der Waals surface area contributed by atoms with E-state index < -0.39 is 0 Å². The third-order valence-electron chi connectivity index (χ3n) is 5.86. The first kappa shape index (κ1) is 21.7. The highest BCUT2D eigenvalue weighted by molar-refractivity contribution is 5.80. The zero-order valence-electron chi connectivity index (χ0n) is 19.2. The molecule has 34 heavy (non-hydrogen) atoms. The van der Waals surface area contributed by atoms with Crippen molar-refractivity contribution in [3.63, 3.8) is 0 Å². The standard InChI is InChI=1S/C27H27N7/c1-2-18-34-26(28-25(31-34)17-14-20-8-4-3-5-9-20)19-21-12-15-22(16-13-21)23-10-6-7-11-24(23)27-29-32-33-30-27/h3-13,15-16H,2,14,17-19H2,1H3,(H,29,30,32,33). The molecule has 0 atom stereocenters. The minimum atomic E-state index is 0.662. The number of H-pyrrole nitrogens is 1. The molecule has 0 aliphatic heterocycles. The number of aromatic amines is 1. The Kier molecular flexibility index (Phi) is 6.52. The van der Waals surface area contributed by atoms with Gasteiger partial charge in [-0.1, -0.05) is 85.8 Å². The van der Waals surface area contributed by atoms with Gasteiger partial charge in [0.25, 0.3) is 0 Å². The van der Waals surface area contributed by atoms with Gasteiger partial charge in [0.15, 0.2) is 11.6 Å². The highest BCUT2D eigenvalue weighted by atomic mass is 15.5. The predicted octanol–water partition coefficient (Wildman–Crippen LogP) is 4.91. The van der Waals surface area contributed by atoms with Crippen molar-refractivity contribution in [3.8, 4) is 22.5 Å². The first-order valence-electron chi connectivity index (χ1n) is 11.7. The molecule has 0 fully saturated rings. The lowest BCUT2D eigenvalue weighted by atomic mass is 9.98. The Morgan fingerprint density at radius 2 is 1.56 bits per heavy atom. The van der Waals surface area contributed by atoms with Crippen molar-refractivity contribution in [1.29, 1.82) is 0 Å². The number of benzene rings is 3. The van der Waals surface area contributed by atoms with Gasteiger partial charge in [0, 0.05) is 24.9 Å². The predicted molar refractivity (Wildman–Crippen MR) is 132 cm³/mol. The van der Waals surface area contributed by atoms with Gasteiger partial charge in [-0.3, -0.25) is 0 Å². The maximum atomic E-state index is 4.89. The molecule has 0 aliphatic rings. The van der Waals surface area contributed by atoms with Crippen LogP contribution in [0.2, 0.25) is 0 Å². The lowest BCUT2D eigenvalue weighted by Gasteiger charge is -2.09. The summed E-state index contributed by atoms with van der Waals surface area (Å²) < 4.78 is 2.07. The van der Waals surface area contributed by atoms with Crippen LogP contribution < -0.4 is 0 Å². The van der Waals surface area contributed by atoms with Crippen molar-refractivity contribution in [2.45, 2.75) is 39.2 Å². The fraction of sp³-hybridized carbons (Fsp3) is 0.222. The topological polar surface area (TPSA) is 85.2 Å². The van der Waals surface area contributed by atoms with E-state index in [1.54, 1.807) is 0 Å². The second-order valence-corrected chi connectivity index (χ2v) is 8.32. The van der Waals surface area contributed by atoms with Gasteiger partial charge in [0.1, 0.15) is 5.82 Å². The lowest BCUT2D eigenvalue weighted by molar-refractivity contribution is 0.570. The minimum Gasteiger partial charge on any atom is -0.249 e. The number of aromatic nitrogens is 7. The molecular formula is C27H27N7. The summed E-state index contributed by atoms with van der Waals surface area (Å²) in [6.45, 7) is 3.05. The number of nitrogens with one attached hydrogen (secondary N) is 1. The number of hydrogen-bond donors (Lipinski definition) is 1. The summed E-state index contributed by atoms with van der Waals surface area (Å²) in [5.41, 5.74) is 5.71. The van der Waals surface area contributed by atoms with Crippen molar-refractivity contribution in [2.24, 2.45) is 0 Å². The highest BCUT2D eigenvalue weighted by Gasteiger charge is 2.13. The number of rotatable bonds is 9. The molecule has 0 saturated carbocycles. The summed E-state index contributed by atoms with van der Waals surface area (Å²) >= 11 is 0. The summed E-state index contributed by atoms with van der Waals surface area (Å²) in [5, 5.41) is 19.2. The normalized spacial score (nSPS) is 11.1. The maximum Gasteiger partial charge on any atom is 0.180 e. The van der Waals surface area contributed by atoms with E-state index in [0.717, 1.165) is 60.6 Å². The molecule has 5 rings (SSSR count). The second kappa shape index (κ2) is 10.2. The molecule has 0 bridgehead atoms. The van der Waals surface area contributed by atoms with Crippen LogP contribution in [-0.4, -0.2) is 35.4 Å². The Morgan fingerprint density at radius 3 is 2.29 bits per heavy atom. The first-order chi connectivity index (χ1) is 16.8. The number of nitrogens with zero attached hydrogens (tertiary/aromatic N) is 6. The van der Waals surface area contributed by atoms with Crippen LogP contribution in [-0.2, 0) is 25.8 Å². The third kappa shape index (κ3) is 4.93. The van der Waals surface area contributed by atoms with E-state index in [0.29, 0.717) is 5.82 Å². The molecule has 0 unspecified atom stereocenters. The van der Waals surface area contributed by atoms with Crippen LogP contribution in [0.5, 0.6) is 0 Å². The van der Waals surface area contributed by atoms with Crippen LogP contribution >= 0.6 is 0 Å². The largest absolute Gasteiger partial charge is 0.249 e. The molecule has 5 aromatic rings. The molecule has 0 saturated heterocycles. The smallest absolute Gasteiger partial charge is 0.180 e. The fourth-order valence-corrected chi connectivity index (χ4v) is 4.15. The van der Waals surface area contributed by atoms with Crippen LogP contribution in [0.4, 0.5) is 0 Å². The molecule has 3 aromatic carbocycles. The Balaban J connectivity index is 1.34. The summed E-state index contributed by atoms with van der Waals surface area (Å²) in [4.78, 5) is 4.89. The quantitative estimate of drug-likeness (QED) is 0.346. The van der Waals surface area contributed by atoms with E-state index in [9.17, 15) is 0 Å². The van der Waals surface area contributed by atoms with Crippen molar-refractivity contribution in [1.82, 2.24) is 35.4 Å². The Hall–Kier alpha value is -4.13. The Morgan fingerprint density at radius 1 is 0.794 bits per heavy atom. The van der Waals surface area contributed by atoms with E-state index in [1.165, 1.54) is 11.1 Å². The molecule has 0 aliphatic carbocycles. The molecule has 0 radical (unpaired) electrons. The molecule has 1 N–H and O–H groups in total. The van der Waals surface area contributed by atoms with Crippen molar-refractivity contribution in [2.75, 3.05) is 0 Å². The van der Waals surface area contributed by atoms with E-state index in [2.05, 4.69) is 86.8 Å². The summed E-state index contributed by atoms with van der Waals surface area (Å²) in [7, 11) is 0. The third-order valence-corrected chi connectivity index (χ3v) is 5.86. The maximum absolute atomic E-state index is 4.89. The van der Waals surface area contributed by atoms with Gasteiger partial charge in [-0.05, 0) is 45.5 Å². The van der Waals surface area contributed by atoms with Gasteiger partial charge in [-0.2, -0.15) is 5.10 Å². The van der Waals surface area contributed by atoms with Crippen LogP contribution in [0.15, 0.2) is 78.9 Å². The van der Waals surface area contributed by atoms with Crippen LogP contribution in [0, 0.1) is 0 Å². The van der Waals surface area contributed by atoms with E-state index in [4.69, 9.17) is 10.1 Å². The number of aryl methyl sites for hydroxylation is 3. The molecule has 0 spiro atoms. The van der Waals surface area contributed by atoms with Gasteiger partial charge in [0.2, 0.25) is 0 Å². The average molecular weight is 450 g/mol. The Labute approximate surface area is 198 Å². The van der Waals surface area contributed by atoms with Crippen molar-refractivity contribution >= 4 is 0 Å². The zero-order valence-corrected chi connectivity index (χ0v) is 19.2. The van der Waals surface area contributed by atoms with Gasteiger partial charge in [0.05, 0.1) is 0 Å². The molecule has 170 valence electrons. The monoisotopic (exact) mass is 449 g/mol. The fourth-order valence-electron chi connectivity index (χ4n) is 4.15. The molecule has 2 heterocycles. The van der Waals surface area contributed by atoms with Crippen LogP contribution in [0.25, 0.3) is 22.5 Å². The lowest BCUT2D eigenvalue weighted by Crippen LogP contribution is -2.06. The average Bonchev–Trinajstić information content (AvgIpc) is 3.55. The SMILES string of the molecule is CCCn1nc(CCc2ccccc2)nc1Cc1ccc(-c2ccccc2-c2nnn[nH]2)cc1. The second-order valence-electron chi connectivity index (χ2n) is 8.32. The van der Waals surface area contributed by atoms with Crippen molar-refractivity contribution in [3.05, 3.63) is 102 Å². The van der Waals surface area contributed by atoms with Gasteiger partial charge in [-0.15, -0.1) is 5.10 Å². The molecule has 7 nitrogen and oxygen atoms in total. The Bertz CT molecular complexity index is 1320. The summed E-state index contributed by atoms with van der Waals surface area (Å²) in [5.74, 6) is 2.60. The van der Waals surface area contributed by atoms with Crippen LogP contribution in [0.3, 0.4) is 0 Å².